The molecule has 1 aromatic carbocycles. The van der Waals surface area contributed by atoms with Gasteiger partial charge >= 0.3 is 0 Å². The average Bonchev–Trinajstić information content (AvgIpc) is 3.21. The quantitative estimate of drug-likeness (QED) is 0.896. The van der Waals surface area contributed by atoms with Crippen LogP contribution in [-0.2, 0) is 4.74 Å². The summed E-state index contributed by atoms with van der Waals surface area (Å²) >= 11 is 5.94. The summed E-state index contributed by atoms with van der Waals surface area (Å²) in [4.78, 5) is 14.1. The van der Waals surface area contributed by atoms with Gasteiger partial charge in [-0.2, -0.15) is 5.10 Å². The number of benzene rings is 1. The fraction of sp³-hybridized carbons (Fsp3) is 0.375. The lowest BCUT2D eigenvalue weighted by molar-refractivity contribution is -0.0343. The number of likely N-dealkylation sites (tertiary alicyclic amines) is 1. The lowest BCUT2D eigenvalue weighted by Crippen LogP contribution is -2.42. The number of carbonyl (C=O) groups excluding carboxylic acids is 1. The minimum atomic E-state index is -0.615. The summed E-state index contributed by atoms with van der Waals surface area (Å²) in [7, 11) is 1.59. The minimum absolute atomic E-state index is 0.224. The number of rotatable bonds is 5. The molecule has 1 aromatic heterocycles. The first kappa shape index (κ1) is 16.7. The molecule has 8 heteroatoms. The Morgan fingerprint density at radius 2 is 2.21 bits per heavy atom. The number of nitrogens with one attached hydrogen (secondary N) is 1. The number of H-pyrrole nitrogens is 1. The molecule has 1 aliphatic heterocycles. The van der Waals surface area contributed by atoms with Crippen LogP contribution in [0.3, 0.4) is 0 Å². The van der Waals surface area contributed by atoms with Gasteiger partial charge in [-0.05, 0) is 30.7 Å². The van der Waals surface area contributed by atoms with Crippen LogP contribution in [0.1, 0.15) is 16.9 Å². The van der Waals surface area contributed by atoms with E-state index in [1.165, 1.54) is 18.3 Å². The van der Waals surface area contributed by atoms with E-state index in [2.05, 4.69) is 10.2 Å². The third-order valence-electron chi connectivity index (χ3n) is 4.16. The summed E-state index contributed by atoms with van der Waals surface area (Å²) in [6, 6.07) is 5.78. The molecule has 0 saturated carbocycles. The summed E-state index contributed by atoms with van der Waals surface area (Å²) in [6.07, 6.45) is 2.02. The number of aromatic amines is 1. The number of hydrogen-bond donors (Lipinski definition) is 1. The van der Waals surface area contributed by atoms with Gasteiger partial charge in [0, 0.05) is 13.7 Å². The summed E-state index contributed by atoms with van der Waals surface area (Å²) in [6.45, 7) is 1.16. The van der Waals surface area contributed by atoms with Crippen LogP contribution < -0.4 is 4.74 Å². The van der Waals surface area contributed by atoms with E-state index in [0.717, 1.165) is 0 Å². The smallest absolute Gasteiger partial charge is 0.273 e. The largest absolute Gasteiger partial charge is 0.491 e. The molecule has 0 aliphatic carbocycles. The molecule has 1 atom stereocenters. The summed E-state index contributed by atoms with van der Waals surface area (Å²) in [5, 5.41) is 6.66. The first-order chi connectivity index (χ1) is 11.5. The Balaban J connectivity index is 1.65. The zero-order valence-electron chi connectivity index (χ0n) is 13.1. The van der Waals surface area contributed by atoms with Gasteiger partial charge < -0.3 is 14.4 Å². The van der Waals surface area contributed by atoms with E-state index in [1.807, 2.05) is 0 Å². The third kappa shape index (κ3) is 3.37. The molecule has 1 amide bonds. The van der Waals surface area contributed by atoms with Crippen molar-refractivity contribution in [1.29, 1.82) is 0 Å². The highest BCUT2D eigenvalue weighted by atomic mass is 35.5. The number of nitrogens with zero attached hydrogens (tertiary/aromatic N) is 2. The van der Waals surface area contributed by atoms with Crippen LogP contribution in [0.2, 0.25) is 5.02 Å². The maximum atomic E-state index is 12.9. The van der Waals surface area contributed by atoms with Crippen molar-refractivity contribution in [2.24, 2.45) is 0 Å². The zero-order chi connectivity index (χ0) is 17.2. The number of amides is 1. The molecule has 0 unspecified atom stereocenters. The van der Waals surface area contributed by atoms with Crippen molar-refractivity contribution in [2.75, 3.05) is 26.8 Å². The fourth-order valence-corrected chi connectivity index (χ4v) is 2.86. The normalized spacial score (nSPS) is 20.4. The molecule has 2 heterocycles. The van der Waals surface area contributed by atoms with Crippen molar-refractivity contribution in [3.8, 4) is 5.75 Å². The van der Waals surface area contributed by atoms with Gasteiger partial charge in [-0.1, -0.05) is 11.6 Å². The molecule has 128 valence electrons. The molecule has 0 spiro atoms. The predicted molar refractivity (Wildman–Crippen MR) is 85.8 cm³/mol. The van der Waals surface area contributed by atoms with Crippen LogP contribution in [-0.4, -0.2) is 53.4 Å². The van der Waals surface area contributed by atoms with E-state index in [4.69, 9.17) is 21.1 Å². The number of methoxy groups -OCH3 is 1. The number of aromatic nitrogens is 2. The summed E-state index contributed by atoms with van der Waals surface area (Å²) in [5.74, 6) is 0.00491. The van der Waals surface area contributed by atoms with Crippen molar-refractivity contribution in [2.45, 2.75) is 12.0 Å². The van der Waals surface area contributed by atoms with E-state index in [0.29, 0.717) is 25.3 Å². The van der Waals surface area contributed by atoms with Crippen LogP contribution >= 0.6 is 11.6 Å². The molecular formula is C16H17ClFN3O3. The second-order valence-corrected chi connectivity index (χ2v) is 6.11. The van der Waals surface area contributed by atoms with Gasteiger partial charge in [0.05, 0.1) is 17.8 Å². The zero-order valence-corrected chi connectivity index (χ0v) is 13.8. The van der Waals surface area contributed by atoms with Crippen LogP contribution in [0.15, 0.2) is 30.5 Å². The highest BCUT2D eigenvalue weighted by molar-refractivity contribution is 6.33. The van der Waals surface area contributed by atoms with Crippen LogP contribution in [0.4, 0.5) is 4.39 Å². The molecule has 6 nitrogen and oxygen atoms in total. The molecule has 1 aliphatic rings. The van der Waals surface area contributed by atoms with E-state index >= 15 is 0 Å². The number of hydrogen-bond acceptors (Lipinski definition) is 4. The maximum Gasteiger partial charge on any atom is 0.273 e. The maximum absolute atomic E-state index is 12.9. The molecular weight excluding hydrogens is 337 g/mol. The lowest BCUT2D eigenvalue weighted by Gasteiger charge is -2.27. The van der Waals surface area contributed by atoms with E-state index in [9.17, 15) is 9.18 Å². The Labute approximate surface area is 143 Å². The predicted octanol–water partition coefficient (Wildman–Crippen LogP) is 2.51. The number of carbonyl (C=O) groups is 1. The topological polar surface area (TPSA) is 67.5 Å². The Hall–Kier alpha value is -2.12. The van der Waals surface area contributed by atoms with E-state index < -0.39 is 5.60 Å². The van der Waals surface area contributed by atoms with Crippen LogP contribution in [0, 0.1) is 5.82 Å². The summed E-state index contributed by atoms with van der Waals surface area (Å²) < 4.78 is 24.3. The molecule has 2 aromatic rings. The number of ether oxygens (including phenoxy) is 2. The monoisotopic (exact) mass is 353 g/mol. The Bertz CT molecular complexity index is 722. The Morgan fingerprint density at radius 3 is 2.83 bits per heavy atom. The van der Waals surface area contributed by atoms with E-state index in [1.54, 1.807) is 24.1 Å². The van der Waals surface area contributed by atoms with Gasteiger partial charge in [0.25, 0.3) is 5.91 Å². The molecule has 0 bridgehead atoms. The van der Waals surface area contributed by atoms with Crippen LogP contribution in [0.25, 0.3) is 0 Å². The molecule has 1 fully saturated rings. The van der Waals surface area contributed by atoms with Gasteiger partial charge in [-0.25, -0.2) is 4.39 Å². The highest BCUT2D eigenvalue weighted by Crippen LogP contribution is 2.28. The van der Waals surface area contributed by atoms with Gasteiger partial charge in [0.2, 0.25) is 0 Å². The van der Waals surface area contributed by atoms with Crippen molar-refractivity contribution >= 4 is 17.5 Å². The Kier molecular flexibility index (Phi) is 4.73. The molecule has 0 radical (unpaired) electrons. The van der Waals surface area contributed by atoms with Crippen LogP contribution in [0.5, 0.6) is 5.75 Å². The second kappa shape index (κ2) is 6.78. The van der Waals surface area contributed by atoms with Crippen molar-refractivity contribution in [1.82, 2.24) is 15.1 Å². The first-order valence-electron chi connectivity index (χ1n) is 7.45. The standard InChI is InChI=1S/C16H17ClFN3O3/c1-23-16(10-24-12-4-2-11(18)3-5-12)6-7-21(9-16)15(22)14-13(17)8-19-20-14/h2-5,8H,6-7,9-10H2,1H3,(H,19,20)/t16-/m0/s1. The number of halogens is 2. The third-order valence-corrected chi connectivity index (χ3v) is 4.45. The van der Waals surface area contributed by atoms with Crippen molar-refractivity contribution in [3.05, 3.63) is 47.0 Å². The van der Waals surface area contributed by atoms with Crippen molar-refractivity contribution < 1.29 is 18.7 Å². The van der Waals surface area contributed by atoms with Gasteiger partial charge in [-0.3, -0.25) is 9.89 Å². The molecule has 1 N–H and O–H groups in total. The molecule has 24 heavy (non-hydrogen) atoms. The lowest BCUT2D eigenvalue weighted by atomic mass is 10.0. The Morgan fingerprint density at radius 1 is 1.46 bits per heavy atom. The average molecular weight is 354 g/mol. The first-order valence-corrected chi connectivity index (χ1v) is 7.82. The SMILES string of the molecule is CO[C@@]1(COc2ccc(F)cc2)CCN(C(=O)c2[nH]ncc2Cl)C1. The second-order valence-electron chi connectivity index (χ2n) is 5.70. The minimum Gasteiger partial charge on any atom is -0.491 e. The molecule has 3 rings (SSSR count). The van der Waals surface area contributed by atoms with Crippen molar-refractivity contribution in [3.63, 3.8) is 0 Å². The molecule has 1 saturated heterocycles. The van der Waals surface area contributed by atoms with Gasteiger partial charge in [-0.15, -0.1) is 0 Å². The highest BCUT2D eigenvalue weighted by Gasteiger charge is 2.42. The van der Waals surface area contributed by atoms with E-state index in [-0.39, 0.29) is 29.0 Å². The summed E-state index contributed by atoms with van der Waals surface area (Å²) in [5.41, 5.74) is -0.348. The van der Waals surface area contributed by atoms with Gasteiger partial charge in [0.15, 0.2) is 0 Å². The van der Waals surface area contributed by atoms with Gasteiger partial charge in [0.1, 0.15) is 29.5 Å². The fourth-order valence-electron chi connectivity index (χ4n) is 2.69.